The molecule has 0 spiro atoms. The van der Waals surface area contributed by atoms with Gasteiger partial charge in [-0.3, -0.25) is 0 Å². The molecule has 3 aliphatic rings. The number of hydrogen-bond acceptors (Lipinski definition) is 6. The Labute approximate surface area is 207 Å². The van der Waals surface area contributed by atoms with Gasteiger partial charge in [-0.05, 0) is 62.7 Å². The normalized spacial score (nSPS) is 19.7. The molecule has 0 bridgehead atoms. The maximum Gasteiger partial charge on any atom is 0.169 e. The van der Waals surface area contributed by atoms with Crippen molar-refractivity contribution in [2.24, 2.45) is 0 Å². The fraction of sp³-hybridized carbons (Fsp3) is 0.720. The molecule has 6 nitrogen and oxygen atoms in total. The molecule has 2 aromatic heterocycles. The Morgan fingerprint density at radius 3 is 2.64 bits per heavy atom. The lowest BCUT2D eigenvalue weighted by molar-refractivity contribution is 0.195. The van der Waals surface area contributed by atoms with E-state index in [0.717, 1.165) is 56.7 Å². The van der Waals surface area contributed by atoms with Gasteiger partial charge in [-0.15, -0.1) is 11.3 Å². The number of rotatable bonds is 6. The number of fused-ring (bicyclic) bond motifs is 3. The van der Waals surface area contributed by atoms with Gasteiger partial charge in [0.05, 0.1) is 5.39 Å². The monoisotopic (exact) mass is 487 g/mol. The highest BCUT2D eigenvalue weighted by Crippen LogP contribution is 2.42. The summed E-state index contributed by atoms with van der Waals surface area (Å²) in [6.45, 7) is 5.42. The summed E-state index contributed by atoms with van der Waals surface area (Å²) in [6.07, 6.45) is 12.5. The second-order valence-electron chi connectivity index (χ2n) is 9.68. The van der Waals surface area contributed by atoms with Gasteiger partial charge in [0, 0.05) is 57.2 Å². The summed E-state index contributed by atoms with van der Waals surface area (Å²) in [5.41, 5.74) is 1.55. The third-order valence-electron chi connectivity index (χ3n) is 7.45. The Kier molecular flexibility index (Phi) is 7.62. The van der Waals surface area contributed by atoms with Gasteiger partial charge in [-0.1, -0.05) is 19.3 Å². The van der Waals surface area contributed by atoms with E-state index >= 15 is 0 Å². The van der Waals surface area contributed by atoms with Crippen LogP contribution in [0, 0.1) is 0 Å². The third-order valence-corrected chi connectivity index (χ3v) is 9.04. The van der Waals surface area contributed by atoms with Gasteiger partial charge < -0.3 is 19.9 Å². The van der Waals surface area contributed by atoms with Crippen molar-refractivity contribution in [2.75, 3.05) is 51.3 Å². The Bertz CT molecular complexity index is 963. The molecule has 2 aromatic rings. The molecule has 33 heavy (non-hydrogen) atoms. The number of ether oxygens (including phenoxy) is 1. The number of anilines is 1. The molecule has 1 aliphatic heterocycles. The first-order valence-corrected chi connectivity index (χ1v) is 14.1. The van der Waals surface area contributed by atoms with Gasteiger partial charge >= 0.3 is 0 Å². The van der Waals surface area contributed by atoms with E-state index in [0.29, 0.717) is 5.92 Å². The zero-order valence-corrected chi connectivity index (χ0v) is 21.5. The second-order valence-corrected chi connectivity index (χ2v) is 11.2. The number of thiophene rings is 1. The number of piperazine rings is 1. The summed E-state index contributed by atoms with van der Waals surface area (Å²) < 4.78 is 5.14. The van der Waals surface area contributed by atoms with E-state index in [4.69, 9.17) is 26.9 Å². The average Bonchev–Trinajstić information content (AvgIpc) is 3.25. The van der Waals surface area contributed by atoms with Crippen LogP contribution in [0.3, 0.4) is 0 Å². The number of nitrogens with one attached hydrogen (secondary N) is 1. The van der Waals surface area contributed by atoms with E-state index in [-0.39, 0.29) is 0 Å². The molecular formula is C25H37N5OS2. The first-order valence-electron chi connectivity index (χ1n) is 12.8. The van der Waals surface area contributed by atoms with Crippen molar-refractivity contribution in [3.63, 3.8) is 0 Å². The third kappa shape index (κ3) is 5.13. The van der Waals surface area contributed by atoms with Gasteiger partial charge in [0.1, 0.15) is 16.5 Å². The predicted molar refractivity (Wildman–Crippen MR) is 141 cm³/mol. The van der Waals surface area contributed by atoms with Crippen LogP contribution in [-0.2, 0) is 17.6 Å². The van der Waals surface area contributed by atoms with E-state index in [9.17, 15) is 0 Å². The SMILES string of the molecule is COCCCNC(=S)N1CCN(c2nc(C3CCCCC3)nc3sc4c(c23)CCCC4)CC1. The predicted octanol–water partition coefficient (Wildman–Crippen LogP) is 4.65. The lowest BCUT2D eigenvalue weighted by Crippen LogP contribution is -2.52. The van der Waals surface area contributed by atoms with Crippen molar-refractivity contribution in [3.05, 3.63) is 16.3 Å². The van der Waals surface area contributed by atoms with Crippen molar-refractivity contribution in [1.82, 2.24) is 20.2 Å². The zero-order valence-electron chi connectivity index (χ0n) is 19.9. The smallest absolute Gasteiger partial charge is 0.169 e. The Morgan fingerprint density at radius 1 is 1.06 bits per heavy atom. The quantitative estimate of drug-likeness (QED) is 0.470. The van der Waals surface area contributed by atoms with Crippen LogP contribution in [0.25, 0.3) is 10.2 Å². The minimum atomic E-state index is 0.534. The molecule has 1 saturated heterocycles. The van der Waals surface area contributed by atoms with E-state index < -0.39 is 0 Å². The standard InChI is InChI=1S/C25H37N5OS2/c1-31-17-7-12-26-25(32)30-15-13-29(14-16-30)23-21-19-10-5-6-11-20(19)33-24(21)28-22(27-23)18-8-3-2-4-9-18/h18H,2-17H2,1H3,(H,26,32). The van der Waals surface area contributed by atoms with Crippen LogP contribution in [0.4, 0.5) is 5.82 Å². The van der Waals surface area contributed by atoms with Crippen LogP contribution in [0.1, 0.15) is 73.5 Å². The van der Waals surface area contributed by atoms with Crippen molar-refractivity contribution in [2.45, 2.75) is 70.1 Å². The number of thiocarbonyl (C=S) groups is 1. The number of aromatic nitrogens is 2. The fourth-order valence-corrected chi connectivity index (χ4v) is 7.12. The Balaban J connectivity index is 1.36. The highest BCUT2D eigenvalue weighted by molar-refractivity contribution is 7.80. The van der Waals surface area contributed by atoms with Gasteiger partial charge in [0.25, 0.3) is 0 Å². The van der Waals surface area contributed by atoms with E-state index in [1.165, 1.54) is 73.8 Å². The highest BCUT2D eigenvalue weighted by Gasteiger charge is 2.28. The maximum absolute atomic E-state index is 5.66. The number of hydrogen-bond donors (Lipinski definition) is 1. The summed E-state index contributed by atoms with van der Waals surface area (Å²) in [5.74, 6) is 2.85. The van der Waals surface area contributed by atoms with E-state index in [1.54, 1.807) is 17.6 Å². The second kappa shape index (κ2) is 10.8. The van der Waals surface area contributed by atoms with E-state index in [1.807, 2.05) is 11.3 Å². The number of nitrogens with zero attached hydrogens (tertiary/aromatic N) is 4. The lowest BCUT2D eigenvalue weighted by Gasteiger charge is -2.37. The molecule has 180 valence electrons. The van der Waals surface area contributed by atoms with Crippen LogP contribution in [0.5, 0.6) is 0 Å². The summed E-state index contributed by atoms with van der Waals surface area (Å²) in [4.78, 5) is 18.1. The molecular weight excluding hydrogens is 450 g/mol. The first-order chi connectivity index (χ1) is 16.2. The topological polar surface area (TPSA) is 53.5 Å². The zero-order chi connectivity index (χ0) is 22.6. The van der Waals surface area contributed by atoms with Crippen molar-refractivity contribution < 1.29 is 4.74 Å². The average molecular weight is 488 g/mol. The molecule has 0 atom stereocenters. The minimum absolute atomic E-state index is 0.534. The molecule has 2 aliphatic carbocycles. The van der Waals surface area contributed by atoms with Crippen LogP contribution < -0.4 is 10.2 Å². The van der Waals surface area contributed by atoms with Crippen LogP contribution in [0.15, 0.2) is 0 Å². The highest BCUT2D eigenvalue weighted by atomic mass is 32.1. The van der Waals surface area contributed by atoms with Gasteiger partial charge in [0.2, 0.25) is 0 Å². The van der Waals surface area contributed by atoms with Gasteiger partial charge in [0.15, 0.2) is 5.11 Å². The molecule has 2 fully saturated rings. The summed E-state index contributed by atoms with van der Waals surface area (Å²) in [5, 5.41) is 5.63. The number of methoxy groups -OCH3 is 1. The molecule has 0 aromatic carbocycles. The molecule has 5 rings (SSSR count). The maximum atomic E-state index is 5.66. The molecule has 0 radical (unpaired) electrons. The van der Waals surface area contributed by atoms with E-state index in [2.05, 4.69) is 15.1 Å². The molecule has 1 saturated carbocycles. The first kappa shape index (κ1) is 23.2. The van der Waals surface area contributed by atoms with Gasteiger partial charge in [-0.25, -0.2) is 9.97 Å². The van der Waals surface area contributed by atoms with Gasteiger partial charge in [-0.2, -0.15) is 0 Å². The molecule has 0 amide bonds. The Morgan fingerprint density at radius 2 is 1.85 bits per heavy atom. The molecule has 8 heteroatoms. The molecule has 0 unspecified atom stereocenters. The Hall–Kier alpha value is -1.51. The summed E-state index contributed by atoms with van der Waals surface area (Å²) in [7, 11) is 1.74. The molecule has 1 N–H and O–H groups in total. The fourth-order valence-electron chi connectivity index (χ4n) is 5.57. The van der Waals surface area contributed by atoms with Crippen molar-refractivity contribution >= 4 is 44.7 Å². The molecule has 3 heterocycles. The van der Waals surface area contributed by atoms with Crippen molar-refractivity contribution in [1.29, 1.82) is 0 Å². The van der Waals surface area contributed by atoms with Crippen LogP contribution >= 0.6 is 23.6 Å². The van der Waals surface area contributed by atoms with Crippen LogP contribution in [0.2, 0.25) is 0 Å². The van der Waals surface area contributed by atoms with Crippen LogP contribution in [-0.4, -0.2) is 66.4 Å². The minimum Gasteiger partial charge on any atom is -0.385 e. The summed E-state index contributed by atoms with van der Waals surface area (Å²) >= 11 is 7.61. The van der Waals surface area contributed by atoms with Crippen molar-refractivity contribution in [3.8, 4) is 0 Å². The summed E-state index contributed by atoms with van der Waals surface area (Å²) in [6, 6.07) is 0. The lowest BCUT2D eigenvalue weighted by atomic mass is 9.88. The number of aryl methyl sites for hydroxylation is 2. The largest absolute Gasteiger partial charge is 0.385 e.